The van der Waals surface area contributed by atoms with E-state index in [4.69, 9.17) is 17.3 Å². The summed E-state index contributed by atoms with van der Waals surface area (Å²) in [6, 6.07) is 9.31. The van der Waals surface area contributed by atoms with Crippen molar-refractivity contribution in [1.29, 1.82) is 0 Å². The van der Waals surface area contributed by atoms with E-state index in [2.05, 4.69) is 5.32 Å². The number of hydrogen-bond donors (Lipinski definition) is 2. The van der Waals surface area contributed by atoms with Crippen molar-refractivity contribution in [3.8, 4) is 5.69 Å². The number of aromatic nitrogens is 1. The largest absolute Gasteiger partial charge is 0.481 e. The molecule has 0 spiro atoms. The molecule has 1 aromatic heterocycles. The van der Waals surface area contributed by atoms with Gasteiger partial charge in [0.15, 0.2) is 5.11 Å². The van der Waals surface area contributed by atoms with Crippen molar-refractivity contribution in [2.24, 2.45) is 0 Å². The van der Waals surface area contributed by atoms with E-state index >= 15 is 0 Å². The molecule has 2 aromatic rings. The summed E-state index contributed by atoms with van der Waals surface area (Å²) in [6.45, 7) is 0.262. The number of aliphatic carboxylic acids is 1. The topological polar surface area (TPSA) is 135 Å². The predicted octanol–water partition coefficient (Wildman–Crippen LogP) is 2.66. The first-order valence-electron chi connectivity index (χ1n) is 9.81. The van der Waals surface area contributed by atoms with Gasteiger partial charge in [-0.05, 0) is 55.4 Å². The van der Waals surface area contributed by atoms with Gasteiger partial charge in [-0.3, -0.25) is 34.7 Å². The molecule has 0 radical (unpaired) electrons. The number of carboxylic acid groups (broad SMARTS) is 1. The van der Waals surface area contributed by atoms with Crippen LogP contribution in [-0.4, -0.2) is 48.9 Å². The second-order valence-corrected chi connectivity index (χ2v) is 7.44. The Bertz CT molecular complexity index is 1110. The quantitative estimate of drug-likeness (QED) is 0.148. The van der Waals surface area contributed by atoms with Crippen LogP contribution in [0.1, 0.15) is 31.4 Å². The Morgan fingerprint density at radius 1 is 1.16 bits per heavy atom. The lowest BCUT2D eigenvalue weighted by molar-refractivity contribution is -0.384. The Hall–Kier alpha value is -3.86. The fraction of sp³-hybridized carbons (Fsp3) is 0.238. The first-order chi connectivity index (χ1) is 15.3. The van der Waals surface area contributed by atoms with E-state index in [0.29, 0.717) is 30.6 Å². The molecule has 2 N–H and O–H groups in total. The third-order valence-corrected chi connectivity index (χ3v) is 5.19. The highest BCUT2D eigenvalue weighted by molar-refractivity contribution is 7.80. The molecular weight excluding hydrogens is 436 g/mol. The predicted molar refractivity (Wildman–Crippen MR) is 119 cm³/mol. The number of hydrogen-bond acceptors (Lipinski definition) is 6. The van der Waals surface area contributed by atoms with Gasteiger partial charge in [0.1, 0.15) is 5.57 Å². The normalized spacial score (nSPS) is 15.2. The van der Waals surface area contributed by atoms with Crippen LogP contribution in [0.4, 0.5) is 5.69 Å². The number of unbranched alkanes of at least 4 members (excludes halogenated alkanes) is 2. The van der Waals surface area contributed by atoms with Gasteiger partial charge in [-0.2, -0.15) is 0 Å². The summed E-state index contributed by atoms with van der Waals surface area (Å²) < 4.78 is 1.69. The minimum absolute atomic E-state index is 0.0149. The molecule has 0 atom stereocenters. The minimum Gasteiger partial charge on any atom is -0.481 e. The summed E-state index contributed by atoms with van der Waals surface area (Å²) in [6.07, 6.45) is 4.85. The number of benzene rings is 1. The van der Waals surface area contributed by atoms with E-state index < -0.39 is 22.7 Å². The van der Waals surface area contributed by atoms with E-state index in [1.54, 1.807) is 35.0 Å². The third kappa shape index (κ3) is 5.24. The first-order valence-corrected chi connectivity index (χ1v) is 10.2. The summed E-state index contributed by atoms with van der Waals surface area (Å²) in [5.41, 5.74) is 1.02. The second-order valence-electron chi connectivity index (χ2n) is 7.06. The molecule has 11 heteroatoms. The molecule has 1 aliphatic rings. The number of thiocarbonyl (C=S) groups is 1. The summed E-state index contributed by atoms with van der Waals surface area (Å²) in [5, 5.41) is 22.1. The monoisotopic (exact) mass is 456 g/mol. The van der Waals surface area contributed by atoms with Crippen molar-refractivity contribution in [2.45, 2.75) is 25.7 Å². The van der Waals surface area contributed by atoms with Crippen LogP contribution in [0.5, 0.6) is 0 Å². The molecule has 0 bridgehead atoms. The standard InChI is InChI=1S/C21H20N4O6S/c26-18(27)6-2-1-3-11-24-20(29)17(19(28)22-21(24)32)13-16-5-4-12-23(16)14-7-9-15(10-8-14)25(30)31/h4-5,7-10,12-13H,1-3,6,11H2,(H,26,27)(H,22,28,32)/b17-13-. The summed E-state index contributed by atoms with van der Waals surface area (Å²) in [4.78, 5) is 47.7. The number of amides is 2. The lowest BCUT2D eigenvalue weighted by atomic mass is 10.1. The van der Waals surface area contributed by atoms with Crippen LogP contribution in [0.15, 0.2) is 48.2 Å². The molecule has 3 rings (SSSR count). The molecule has 1 saturated heterocycles. The Morgan fingerprint density at radius 3 is 2.53 bits per heavy atom. The molecule has 0 unspecified atom stereocenters. The SMILES string of the molecule is O=C(O)CCCCCN1C(=O)/C(=C\c2cccn2-c2ccc([N+](=O)[O-])cc2)C(=O)NC1=S. The Morgan fingerprint density at radius 2 is 1.88 bits per heavy atom. The average Bonchev–Trinajstić information content (AvgIpc) is 3.21. The molecular formula is C21H20N4O6S. The maximum Gasteiger partial charge on any atom is 0.303 e. The molecule has 2 amide bonds. The number of nitro groups is 1. The zero-order valence-corrected chi connectivity index (χ0v) is 17.7. The molecule has 2 heterocycles. The van der Waals surface area contributed by atoms with Crippen molar-refractivity contribution in [3.05, 3.63) is 64.0 Å². The zero-order valence-electron chi connectivity index (χ0n) is 16.9. The highest BCUT2D eigenvalue weighted by atomic mass is 32.1. The van der Waals surface area contributed by atoms with Gasteiger partial charge in [0, 0.05) is 42.7 Å². The highest BCUT2D eigenvalue weighted by Crippen LogP contribution is 2.21. The number of non-ortho nitro benzene ring substituents is 1. The molecule has 0 aliphatic carbocycles. The third-order valence-electron chi connectivity index (χ3n) is 4.87. The van der Waals surface area contributed by atoms with Gasteiger partial charge in [-0.1, -0.05) is 6.42 Å². The molecule has 10 nitrogen and oxygen atoms in total. The van der Waals surface area contributed by atoms with Crippen LogP contribution in [0.25, 0.3) is 11.8 Å². The van der Waals surface area contributed by atoms with Crippen LogP contribution >= 0.6 is 12.2 Å². The van der Waals surface area contributed by atoms with E-state index in [9.17, 15) is 24.5 Å². The molecule has 1 aliphatic heterocycles. The summed E-state index contributed by atoms with van der Waals surface area (Å²) in [7, 11) is 0. The minimum atomic E-state index is -0.872. The fourth-order valence-electron chi connectivity index (χ4n) is 3.25. The van der Waals surface area contributed by atoms with Crippen LogP contribution in [-0.2, 0) is 14.4 Å². The number of carbonyl (C=O) groups is 3. The van der Waals surface area contributed by atoms with Gasteiger partial charge in [0.2, 0.25) is 0 Å². The molecule has 0 saturated carbocycles. The maximum atomic E-state index is 12.9. The van der Waals surface area contributed by atoms with Crippen LogP contribution in [0.2, 0.25) is 0 Å². The van der Waals surface area contributed by atoms with Crippen molar-refractivity contribution >= 4 is 46.9 Å². The zero-order chi connectivity index (χ0) is 23.3. The van der Waals surface area contributed by atoms with Gasteiger partial charge in [-0.25, -0.2) is 0 Å². The Labute approximate surface area is 188 Å². The van der Waals surface area contributed by atoms with Gasteiger partial charge in [0.25, 0.3) is 17.5 Å². The van der Waals surface area contributed by atoms with Gasteiger partial charge in [-0.15, -0.1) is 0 Å². The highest BCUT2D eigenvalue weighted by Gasteiger charge is 2.33. The van der Waals surface area contributed by atoms with Crippen LogP contribution < -0.4 is 5.32 Å². The Kier molecular flexibility index (Phi) is 7.11. The lowest BCUT2D eigenvalue weighted by Crippen LogP contribution is -2.54. The molecule has 32 heavy (non-hydrogen) atoms. The molecule has 1 fully saturated rings. The van der Waals surface area contributed by atoms with Crippen LogP contribution in [0, 0.1) is 10.1 Å². The summed E-state index contributed by atoms with van der Waals surface area (Å²) in [5.74, 6) is -2.02. The lowest BCUT2D eigenvalue weighted by Gasteiger charge is -2.29. The fourth-order valence-corrected chi connectivity index (χ4v) is 3.52. The number of carboxylic acids is 1. The van der Waals surface area contributed by atoms with Crippen molar-refractivity contribution < 1.29 is 24.4 Å². The van der Waals surface area contributed by atoms with E-state index in [1.807, 2.05) is 0 Å². The number of rotatable bonds is 9. The van der Waals surface area contributed by atoms with Crippen molar-refractivity contribution in [1.82, 2.24) is 14.8 Å². The van der Waals surface area contributed by atoms with E-state index in [-0.39, 0.29) is 29.3 Å². The van der Waals surface area contributed by atoms with Gasteiger partial charge in [0.05, 0.1) is 4.92 Å². The maximum absolute atomic E-state index is 12.9. The van der Waals surface area contributed by atoms with Crippen LogP contribution in [0.3, 0.4) is 0 Å². The van der Waals surface area contributed by atoms with E-state index in [1.165, 1.54) is 23.1 Å². The summed E-state index contributed by atoms with van der Waals surface area (Å²) >= 11 is 5.13. The van der Waals surface area contributed by atoms with E-state index in [0.717, 1.165) is 0 Å². The molecule has 1 aromatic carbocycles. The number of nitro benzene ring substituents is 1. The number of nitrogens with zero attached hydrogens (tertiary/aromatic N) is 3. The number of carbonyl (C=O) groups excluding carboxylic acids is 2. The Balaban J connectivity index is 1.79. The van der Waals surface area contributed by atoms with Gasteiger partial charge < -0.3 is 9.67 Å². The molecule has 166 valence electrons. The number of nitrogens with one attached hydrogen (secondary N) is 1. The average molecular weight is 456 g/mol. The smallest absolute Gasteiger partial charge is 0.303 e. The van der Waals surface area contributed by atoms with Crippen molar-refractivity contribution in [3.63, 3.8) is 0 Å². The second kappa shape index (κ2) is 9.96. The van der Waals surface area contributed by atoms with Gasteiger partial charge >= 0.3 is 5.97 Å². The first kappa shape index (κ1) is 22.8. The van der Waals surface area contributed by atoms with Crippen molar-refractivity contribution in [2.75, 3.05) is 6.54 Å².